The van der Waals surface area contributed by atoms with Gasteiger partial charge >= 0.3 is 6.18 Å². The van der Waals surface area contributed by atoms with Gasteiger partial charge in [-0.15, -0.1) is 0 Å². The summed E-state index contributed by atoms with van der Waals surface area (Å²) >= 11 is 0. The van der Waals surface area contributed by atoms with Gasteiger partial charge in [-0.2, -0.15) is 13.2 Å². The highest BCUT2D eigenvalue weighted by Gasteiger charge is 2.48. The number of hydrogen-bond donors (Lipinski definition) is 1. The fourth-order valence-electron chi connectivity index (χ4n) is 3.26. The molecule has 0 aliphatic heterocycles. The fraction of sp³-hybridized carbons (Fsp3) is 0.667. The quantitative estimate of drug-likeness (QED) is 0.842. The number of rotatable bonds is 1. The van der Waals surface area contributed by atoms with E-state index in [0.29, 0.717) is 19.3 Å². The summed E-state index contributed by atoms with van der Waals surface area (Å²) in [6.07, 6.45) is -0.475. The van der Waals surface area contributed by atoms with Crippen molar-refractivity contribution in [2.24, 2.45) is 11.3 Å². The lowest BCUT2D eigenvalue weighted by molar-refractivity contribution is -0.144. The number of pyridine rings is 1. The summed E-state index contributed by atoms with van der Waals surface area (Å²) in [6.45, 7) is 5.97. The highest BCUT2D eigenvalue weighted by molar-refractivity contribution is 5.33. The van der Waals surface area contributed by atoms with Crippen LogP contribution in [-0.4, -0.2) is 10.1 Å². The first-order chi connectivity index (χ1) is 9.06. The molecule has 1 heterocycles. The van der Waals surface area contributed by atoms with Crippen LogP contribution in [0.25, 0.3) is 0 Å². The Morgan fingerprint density at radius 2 is 1.95 bits per heavy atom. The highest BCUT2D eigenvalue weighted by atomic mass is 19.4. The standard InChI is InChI=1S/C15H20F3NO/c1-10-8-13(2,3)5-6-14(10,20)12-9-19-7-4-11(12)15(16,17)18/h4,7,9-10,20H,5-6,8H2,1-3H3. The average molecular weight is 287 g/mol. The predicted molar refractivity (Wildman–Crippen MR) is 69.9 cm³/mol. The number of nitrogens with zero attached hydrogens (tertiary/aromatic N) is 1. The molecule has 5 heteroatoms. The molecule has 0 radical (unpaired) electrons. The van der Waals surface area contributed by atoms with Crippen LogP contribution in [-0.2, 0) is 11.8 Å². The summed E-state index contributed by atoms with van der Waals surface area (Å²) in [5.41, 5.74) is -2.27. The van der Waals surface area contributed by atoms with Gasteiger partial charge in [-0.05, 0) is 36.7 Å². The van der Waals surface area contributed by atoms with Crippen molar-refractivity contribution in [1.82, 2.24) is 4.98 Å². The summed E-state index contributed by atoms with van der Waals surface area (Å²) < 4.78 is 39.3. The molecule has 0 spiro atoms. The van der Waals surface area contributed by atoms with Crippen molar-refractivity contribution in [1.29, 1.82) is 0 Å². The molecule has 0 bridgehead atoms. The molecule has 1 saturated carbocycles. The Morgan fingerprint density at radius 3 is 2.50 bits per heavy atom. The van der Waals surface area contributed by atoms with Crippen LogP contribution in [0, 0.1) is 11.3 Å². The van der Waals surface area contributed by atoms with E-state index in [0.717, 1.165) is 18.5 Å². The number of halogens is 3. The zero-order chi connectivity index (χ0) is 15.2. The Kier molecular flexibility index (Phi) is 3.61. The topological polar surface area (TPSA) is 33.1 Å². The monoisotopic (exact) mass is 287 g/mol. The van der Waals surface area contributed by atoms with Crippen molar-refractivity contribution < 1.29 is 18.3 Å². The molecule has 0 saturated heterocycles. The van der Waals surface area contributed by atoms with Crippen LogP contribution in [0.15, 0.2) is 18.5 Å². The van der Waals surface area contributed by atoms with Crippen LogP contribution < -0.4 is 0 Å². The van der Waals surface area contributed by atoms with E-state index >= 15 is 0 Å². The maximum absolute atomic E-state index is 13.1. The average Bonchev–Trinajstić information content (AvgIpc) is 2.33. The summed E-state index contributed by atoms with van der Waals surface area (Å²) in [5, 5.41) is 10.8. The third-order valence-corrected chi connectivity index (χ3v) is 4.45. The molecule has 1 aromatic heterocycles. The Balaban J connectivity index is 2.46. The maximum atomic E-state index is 13.1. The van der Waals surface area contributed by atoms with E-state index in [4.69, 9.17) is 0 Å². The Labute approximate surface area is 117 Å². The zero-order valence-corrected chi connectivity index (χ0v) is 12.0. The Bertz CT molecular complexity index is 498. The largest absolute Gasteiger partial charge is 0.416 e. The molecule has 2 atom stereocenters. The van der Waals surface area contributed by atoms with E-state index in [1.165, 1.54) is 0 Å². The summed E-state index contributed by atoms with van der Waals surface area (Å²) in [7, 11) is 0. The highest BCUT2D eigenvalue weighted by Crippen LogP contribution is 2.50. The van der Waals surface area contributed by atoms with Crippen molar-refractivity contribution >= 4 is 0 Å². The van der Waals surface area contributed by atoms with Crippen molar-refractivity contribution in [2.45, 2.75) is 51.8 Å². The third-order valence-electron chi connectivity index (χ3n) is 4.45. The molecule has 112 valence electrons. The second-order valence-electron chi connectivity index (χ2n) is 6.61. The van der Waals surface area contributed by atoms with Gasteiger partial charge in [0, 0.05) is 18.0 Å². The number of hydrogen-bond acceptors (Lipinski definition) is 2. The predicted octanol–water partition coefficient (Wildman–Crippen LogP) is 4.13. The smallest absolute Gasteiger partial charge is 0.385 e. The minimum atomic E-state index is -4.47. The second kappa shape index (κ2) is 4.72. The molecule has 1 N–H and O–H groups in total. The molecule has 2 nitrogen and oxygen atoms in total. The zero-order valence-electron chi connectivity index (χ0n) is 12.0. The molecule has 20 heavy (non-hydrogen) atoms. The van der Waals surface area contributed by atoms with Crippen molar-refractivity contribution in [3.05, 3.63) is 29.6 Å². The molecular weight excluding hydrogens is 267 g/mol. The van der Waals surface area contributed by atoms with Crippen LogP contribution in [0.2, 0.25) is 0 Å². The van der Waals surface area contributed by atoms with E-state index < -0.39 is 17.3 Å². The molecule has 1 aliphatic carbocycles. The first-order valence-electron chi connectivity index (χ1n) is 6.80. The van der Waals surface area contributed by atoms with Gasteiger partial charge in [0.15, 0.2) is 0 Å². The molecule has 2 unspecified atom stereocenters. The molecule has 1 aliphatic rings. The summed E-state index contributed by atoms with van der Waals surface area (Å²) in [4.78, 5) is 3.79. The van der Waals surface area contributed by atoms with Crippen LogP contribution in [0.3, 0.4) is 0 Å². The van der Waals surface area contributed by atoms with Crippen molar-refractivity contribution in [3.8, 4) is 0 Å². The van der Waals surface area contributed by atoms with Gasteiger partial charge in [0.1, 0.15) is 0 Å². The van der Waals surface area contributed by atoms with Crippen LogP contribution in [0.1, 0.15) is 51.2 Å². The van der Waals surface area contributed by atoms with Gasteiger partial charge in [0.25, 0.3) is 0 Å². The van der Waals surface area contributed by atoms with Crippen LogP contribution in [0.4, 0.5) is 13.2 Å². The number of alkyl halides is 3. The van der Waals surface area contributed by atoms with Crippen LogP contribution >= 0.6 is 0 Å². The van der Waals surface area contributed by atoms with Crippen LogP contribution in [0.5, 0.6) is 0 Å². The lowest BCUT2D eigenvalue weighted by Crippen LogP contribution is -2.43. The van der Waals surface area contributed by atoms with Gasteiger partial charge < -0.3 is 5.11 Å². The molecule has 0 aromatic carbocycles. The van der Waals surface area contributed by atoms with Gasteiger partial charge in [-0.1, -0.05) is 20.8 Å². The third kappa shape index (κ3) is 2.68. The summed E-state index contributed by atoms with van der Waals surface area (Å²) in [6, 6.07) is 0.944. The van der Waals surface area contributed by atoms with E-state index in [9.17, 15) is 18.3 Å². The number of aliphatic hydroxyl groups is 1. The SMILES string of the molecule is CC1CC(C)(C)CCC1(O)c1cnccc1C(F)(F)F. The van der Waals surface area contributed by atoms with Gasteiger partial charge in [0.2, 0.25) is 0 Å². The minimum absolute atomic E-state index is 0.0479. The lowest BCUT2D eigenvalue weighted by atomic mass is 9.63. The van der Waals surface area contributed by atoms with Gasteiger partial charge in [0.05, 0.1) is 11.2 Å². The van der Waals surface area contributed by atoms with E-state index in [1.807, 2.05) is 6.92 Å². The molecule has 0 amide bonds. The minimum Gasteiger partial charge on any atom is -0.385 e. The fourth-order valence-corrected chi connectivity index (χ4v) is 3.26. The normalized spacial score (nSPS) is 30.2. The Morgan fingerprint density at radius 1 is 1.30 bits per heavy atom. The second-order valence-corrected chi connectivity index (χ2v) is 6.61. The van der Waals surface area contributed by atoms with Crippen molar-refractivity contribution in [3.63, 3.8) is 0 Å². The van der Waals surface area contributed by atoms with Crippen molar-refractivity contribution in [2.75, 3.05) is 0 Å². The van der Waals surface area contributed by atoms with E-state index in [-0.39, 0.29) is 16.9 Å². The number of aromatic nitrogens is 1. The molecule has 2 rings (SSSR count). The van der Waals surface area contributed by atoms with Gasteiger partial charge in [-0.3, -0.25) is 4.98 Å². The molecule has 1 fully saturated rings. The first-order valence-corrected chi connectivity index (χ1v) is 6.80. The first kappa shape index (κ1) is 15.3. The molecule has 1 aromatic rings. The summed E-state index contributed by atoms with van der Waals surface area (Å²) in [5.74, 6) is -0.239. The lowest BCUT2D eigenvalue weighted by Gasteiger charge is -2.46. The molecular formula is C15H20F3NO. The van der Waals surface area contributed by atoms with Gasteiger partial charge in [-0.25, -0.2) is 0 Å². The van der Waals surface area contributed by atoms with E-state index in [1.54, 1.807) is 0 Å². The Hall–Kier alpha value is -1.10. The maximum Gasteiger partial charge on any atom is 0.416 e. The van der Waals surface area contributed by atoms with E-state index in [2.05, 4.69) is 18.8 Å².